The fourth-order valence-corrected chi connectivity index (χ4v) is 2.38. The van der Waals surface area contributed by atoms with Crippen LogP contribution in [0.5, 0.6) is 0 Å². The standard InChI is InChI=1S/C8H10F3O/c9-8(10,11)7(12)4-5-1-2-6(7)3-5/h1,5-6,12H,2-4H2. The Hall–Kier alpha value is -0.250. The summed E-state index contributed by atoms with van der Waals surface area (Å²) in [4.78, 5) is 0. The third kappa shape index (κ3) is 0.903. The molecule has 3 unspecified atom stereocenters. The highest BCUT2D eigenvalue weighted by Gasteiger charge is 2.64. The zero-order chi connectivity index (χ0) is 8.98. The molecule has 69 valence electrons. The van der Waals surface area contributed by atoms with Crippen LogP contribution in [0.2, 0.25) is 0 Å². The van der Waals surface area contributed by atoms with E-state index in [1.165, 1.54) is 0 Å². The second-order valence-electron chi connectivity index (χ2n) is 3.79. The zero-order valence-electron chi connectivity index (χ0n) is 6.43. The van der Waals surface area contributed by atoms with E-state index in [2.05, 4.69) is 0 Å². The van der Waals surface area contributed by atoms with Crippen molar-refractivity contribution in [3.63, 3.8) is 0 Å². The highest BCUT2D eigenvalue weighted by Crippen LogP contribution is 2.56. The van der Waals surface area contributed by atoms with Gasteiger partial charge >= 0.3 is 6.18 Å². The Kier molecular flexibility index (Phi) is 1.50. The lowest BCUT2D eigenvalue weighted by atomic mass is 9.84. The Morgan fingerprint density at radius 3 is 2.33 bits per heavy atom. The van der Waals surface area contributed by atoms with Crippen LogP contribution in [0, 0.1) is 18.3 Å². The summed E-state index contributed by atoms with van der Waals surface area (Å²) in [5, 5.41) is 9.37. The molecular formula is C8H10F3O. The molecule has 0 amide bonds. The number of halogens is 3. The second-order valence-corrected chi connectivity index (χ2v) is 3.79. The summed E-state index contributed by atoms with van der Waals surface area (Å²) in [6.45, 7) is 0. The number of hydrogen-bond acceptors (Lipinski definition) is 1. The molecule has 12 heavy (non-hydrogen) atoms. The first kappa shape index (κ1) is 8.35. The highest BCUT2D eigenvalue weighted by atomic mass is 19.4. The molecule has 1 radical (unpaired) electrons. The van der Waals surface area contributed by atoms with E-state index in [4.69, 9.17) is 0 Å². The van der Waals surface area contributed by atoms with Crippen molar-refractivity contribution in [2.24, 2.45) is 11.8 Å². The molecule has 0 spiro atoms. The summed E-state index contributed by atoms with van der Waals surface area (Å²) < 4.78 is 37.0. The van der Waals surface area contributed by atoms with Gasteiger partial charge in [0, 0.05) is 0 Å². The summed E-state index contributed by atoms with van der Waals surface area (Å²) in [7, 11) is 0. The quantitative estimate of drug-likeness (QED) is 0.602. The van der Waals surface area contributed by atoms with Gasteiger partial charge in [0.05, 0.1) is 0 Å². The van der Waals surface area contributed by atoms with Crippen LogP contribution in [0.15, 0.2) is 0 Å². The largest absolute Gasteiger partial charge is 0.417 e. The number of rotatable bonds is 0. The maximum absolute atomic E-state index is 12.3. The lowest BCUT2D eigenvalue weighted by Crippen LogP contribution is -2.49. The molecule has 2 rings (SSSR count). The van der Waals surface area contributed by atoms with Crippen molar-refractivity contribution in [1.82, 2.24) is 0 Å². The molecule has 0 saturated heterocycles. The summed E-state index contributed by atoms with van der Waals surface area (Å²) in [6, 6.07) is 0. The molecule has 1 N–H and O–H groups in total. The van der Waals surface area contributed by atoms with Crippen molar-refractivity contribution in [3.05, 3.63) is 6.42 Å². The van der Waals surface area contributed by atoms with Gasteiger partial charge in [-0.05, 0) is 37.5 Å². The lowest BCUT2D eigenvalue weighted by Gasteiger charge is -2.33. The van der Waals surface area contributed by atoms with Gasteiger partial charge in [-0.15, -0.1) is 0 Å². The number of fused-ring (bicyclic) bond motifs is 2. The van der Waals surface area contributed by atoms with Crippen LogP contribution >= 0.6 is 0 Å². The molecule has 2 bridgehead atoms. The van der Waals surface area contributed by atoms with Gasteiger partial charge in [-0.25, -0.2) is 0 Å². The highest BCUT2D eigenvalue weighted by molar-refractivity contribution is 5.10. The fourth-order valence-electron chi connectivity index (χ4n) is 2.38. The Morgan fingerprint density at radius 2 is 2.08 bits per heavy atom. The maximum Gasteiger partial charge on any atom is 0.417 e. The first-order valence-corrected chi connectivity index (χ1v) is 4.06. The number of alkyl halides is 3. The van der Waals surface area contributed by atoms with Gasteiger partial charge in [-0.1, -0.05) is 0 Å². The molecule has 2 fully saturated rings. The van der Waals surface area contributed by atoms with Crippen LogP contribution in [0.1, 0.15) is 19.3 Å². The Labute approximate surface area is 68.6 Å². The summed E-state index contributed by atoms with van der Waals surface area (Å²) in [5.41, 5.74) is -2.38. The van der Waals surface area contributed by atoms with E-state index in [9.17, 15) is 18.3 Å². The van der Waals surface area contributed by atoms with Gasteiger partial charge in [-0.2, -0.15) is 13.2 Å². The normalized spacial score (nSPS) is 47.0. The molecule has 0 aliphatic heterocycles. The Morgan fingerprint density at radius 1 is 1.42 bits per heavy atom. The van der Waals surface area contributed by atoms with Crippen LogP contribution in [0.25, 0.3) is 0 Å². The molecule has 2 aliphatic rings. The molecule has 0 aromatic carbocycles. The van der Waals surface area contributed by atoms with E-state index >= 15 is 0 Å². The topological polar surface area (TPSA) is 20.2 Å². The van der Waals surface area contributed by atoms with Gasteiger partial charge in [0.25, 0.3) is 0 Å². The van der Waals surface area contributed by atoms with Crippen LogP contribution in [0.3, 0.4) is 0 Å². The predicted octanol–water partition coefficient (Wildman–Crippen LogP) is 1.91. The molecule has 0 aromatic rings. The van der Waals surface area contributed by atoms with Crippen molar-refractivity contribution >= 4 is 0 Å². The average molecular weight is 179 g/mol. The average Bonchev–Trinajstić information content (AvgIpc) is 2.43. The predicted molar refractivity (Wildman–Crippen MR) is 36.1 cm³/mol. The van der Waals surface area contributed by atoms with E-state index in [0.29, 0.717) is 12.8 Å². The minimum atomic E-state index is -4.44. The third-order valence-electron chi connectivity index (χ3n) is 3.08. The van der Waals surface area contributed by atoms with Crippen LogP contribution in [-0.4, -0.2) is 16.9 Å². The first-order chi connectivity index (χ1) is 5.43. The maximum atomic E-state index is 12.3. The Bertz CT molecular complexity index is 201. The van der Waals surface area contributed by atoms with E-state index in [-0.39, 0.29) is 12.3 Å². The van der Waals surface area contributed by atoms with E-state index < -0.39 is 17.7 Å². The molecule has 0 heterocycles. The minimum Gasteiger partial charge on any atom is -0.380 e. The second kappa shape index (κ2) is 2.16. The molecule has 2 aliphatic carbocycles. The number of aliphatic hydroxyl groups is 1. The molecule has 1 nitrogen and oxygen atoms in total. The van der Waals surface area contributed by atoms with Gasteiger partial charge in [0.15, 0.2) is 5.60 Å². The van der Waals surface area contributed by atoms with Crippen molar-refractivity contribution in [2.45, 2.75) is 31.0 Å². The molecule has 3 atom stereocenters. The monoisotopic (exact) mass is 179 g/mol. The Balaban J connectivity index is 2.23. The molecule has 4 heteroatoms. The van der Waals surface area contributed by atoms with Crippen molar-refractivity contribution < 1.29 is 18.3 Å². The van der Waals surface area contributed by atoms with Crippen LogP contribution < -0.4 is 0 Å². The van der Waals surface area contributed by atoms with Crippen molar-refractivity contribution in [1.29, 1.82) is 0 Å². The molecule has 2 saturated carbocycles. The molecule has 0 aromatic heterocycles. The van der Waals surface area contributed by atoms with Gasteiger partial charge in [0.1, 0.15) is 0 Å². The van der Waals surface area contributed by atoms with Crippen molar-refractivity contribution in [3.8, 4) is 0 Å². The first-order valence-electron chi connectivity index (χ1n) is 4.06. The van der Waals surface area contributed by atoms with E-state index in [0.717, 1.165) is 0 Å². The van der Waals surface area contributed by atoms with Gasteiger partial charge in [0.2, 0.25) is 0 Å². The van der Waals surface area contributed by atoms with E-state index in [1.807, 2.05) is 6.42 Å². The van der Waals surface area contributed by atoms with E-state index in [1.54, 1.807) is 0 Å². The summed E-state index contributed by atoms with van der Waals surface area (Å²) in [5.74, 6) is -0.593. The van der Waals surface area contributed by atoms with Crippen LogP contribution in [0.4, 0.5) is 13.2 Å². The summed E-state index contributed by atoms with van der Waals surface area (Å²) in [6.07, 6.45) is -1.75. The molecular weight excluding hydrogens is 169 g/mol. The van der Waals surface area contributed by atoms with Gasteiger partial charge < -0.3 is 5.11 Å². The number of hydrogen-bond donors (Lipinski definition) is 1. The van der Waals surface area contributed by atoms with Gasteiger partial charge in [-0.3, -0.25) is 0 Å². The van der Waals surface area contributed by atoms with Crippen molar-refractivity contribution in [2.75, 3.05) is 0 Å². The van der Waals surface area contributed by atoms with Crippen LogP contribution in [-0.2, 0) is 0 Å². The zero-order valence-corrected chi connectivity index (χ0v) is 6.43. The SMILES string of the molecule is OC1(C(F)(F)F)CC2[CH]CC1C2. The smallest absolute Gasteiger partial charge is 0.380 e. The lowest BCUT2D eigenvalue weighted by molar-refractivity contribution is -0.275. The summed E-state index contributed by atoms with van der Waals surface area (Å²) >= 11 is 0. The third-order valence-corrected chi connectivity index (χ3v) is 3.08. The fraction of sp³-hybridized carbons (Fsp3) is 0.875. The minimum absolute atomic E-state index is 0.0124.